The summed E-state index contributed by atoms with van der Waals surface area (Å²) in [6, 6.07) is 16.5. The third-order valence-electron chi connectivity index (χ3n) is 4.99. The van der Waals surface area contributed by atoms with Crippen LogP contribution >= 0.6 is 0 Å². The maximum atomic E-state index is 13.1. The minimum atomic E-state index is -0.604. The molecule has 2 aromatic carbocycles. The number of nitrogens with zero attached hydrogens (tertiary/aromatic N) is 3. The van der Waals surface area contributed by atoms with Gasteiger partial charge in [-0.15, -0.1) is 0 Å². The lowest BCUT2D eigenvalue weighted by Crippen LogP contribution is -2.50. The summed E-state index contributed by atoms with van der Waals surface area (Å²) in [6.45, 7) is 6.24. The van der Waals surface area contributed by atoms with E-state index in [1.54, 1.807) is 35.0 Å². The fraction of sp³-hybridized carbons (Fsp3) is 0.292. The van der Waals surface area contributed by atoms with Gasteiger partial charge in [-0.3, -0.25) is 9.59 Å². The Labute approximate surface area is 177 Å². The van der Waals surface area contributed by atoms with Crippen LogP contribution in [0.25, 0.3) is 5.69 Å². The second kappa shape index (κ2) is 9.39. The van der Waals surface area contributed by atoms with E-state index in [1.807, 2.05) is 69.4 Å². The summed E-state index contributed by atoms with van der Waals surface area (Å²) in [5.74, 6) is -0.410. The lowest BCUT2D eigenvalue weighted by molar-refractivity contribution is -0.133. The fourth-order valence-electron chi connectivity index (χ4n) is 3.20. The van der Waals surface area contributed by atoms with Crippen molar-refractivity contribution in [2.24, 2.45) is 5.92 Å². The van der Waals surface area contributed by atoms with Gasteiger partial charge in [0.15, 0.2) is 0 Å². The van der Waals surface area contributed by atoms with Gasteiger partial charge in [0.25, 0.3) is 5.91 Å². The highest BCUT2D eigenvalue weighted by molar-refractivity contribution is 5.97. The predicted octanol–water partition coefficient (Wildman–Crippen LogP) is 3.59. The van der Waals surface area contributed by atoms with Crippen LogP contribution in [0.4, 0.5) is 0 Å². The number of aromatic nitrogens is 2. The molecule has 1 atom stereocenters. The number of para-hydroxylation sites is 1. The number of hydrogen-bond donors (Lipinski definition) is 1. The van der Waals surface area contributed by atoms with E-state index in [0.29, 0.717) is 12.1 Å². The first-order valence-electron chi connectivity index (χ1n) is 10.1. The Kier molecular flexibility index (Phi) is 6.67. The smallest absolute Gasteiger partial charge is 0.251 e. The minimum Gasteiger partial charge on any atom is -0.340 e. The maximum absolute atomic E-state index is 13.1. The molecular formula is C24H28N4O2. The van der Waals surface area contributed by atoms with E-state index in [2.05, 4.69) is 10.4 Å². The van der Waals surface area contributed by atoms with Crippen molar-refractivity contribution >= 4 is 11.8 Å². The molecule has 0 radical (unpaired) electrons. The van der Waals surface area contributed by atoms with Gasteiger partial charge in [0.05, 0.1) is 11.9 Å². The van der Waals surface area contributed by atoms with Gasteiger partial charge in [-0.05, 0) is 37.1 Å². The van der Waals surface area contributed by atoms with Crippen molar-refractivity contribution in [3.63, 3.8) is 0 Å². The Morgan fingerprint density at radius 3 is 2.37 bits per heavy atom. The summed E-state index contributed by atoms with van der Waals surface area (Å²) >= 11 is 0. The third-order valence-corrected chi connectivity index (χ3v) is 4.99. The number of hydrogen-bond acceptors (Lipinski definition) is 3. The summed E-state index contributed by atoms with van der Waals surface area (Å²) in [7, 11) is 1.75. The summed E-state index contributed by atoms with van der Waals surface area (Å²) in [6.07, 6.45) is 3.67. The SMILES string of the molecule is Cc1ccc(C(=O)N[C@H](C(=O)N(C)Cc2cnn(-c3ccccc3)c2)C(C)C)cc1. The highest BCUT2D eigenvalue weighted by Gasteiger charge is 2.27. The summed E-state index contributed by atoms with van der Waals surface area (Å²) in [5.41, 5.74) is 3.51. The van der Waals surface area contributed by atoms with Crippen molar-refractivity contribution in [3.8, 4) is 5.69 Å². The van der Waals surface area contributed by atoms with Crippen LogP contribution in [0.2, 0.25) is 0 Å². The van der Waals surface area contributed by atoms with E-state index in [1.165, 1.54) is 0 Å². The van der Waals surface area contributed by atoms with Crippen LogP contribution in [0.15, 0.2) is 67.0 Å². The molecule has 6 heteroatoms. The van der Waals surface area contributed by atoms with Gasteiger partial charge in [-0.1, -0.05) is 49.7 Å². The van der Waals surface area contributed by atoms with E-state index in [9.17, 15) is 9.59 Å². The lowest BCUT2D eigenvalue weighted by Gasteiger charge is -2.27. The van der Waals surface area contributed by atoms with Crippen molar-refractivity contribution in [2.45, 2.75) is 33.4 Å². The van der Waals surface area contributed by atoms with Gasteiger partial charge >= 0.3 is 0 Å². The Morgan fingerprint density at radius 1 is 1.07 bits per heavy atom. The molecule has 0 aliphatic heterocycles. The highest BCUT2D eigenvalue weighted by atomic mass is 16.2. The molecule has 1 aromatic heterocycles. The van der Waals surface area contributed by atoms with Crippen molar-refractivity contribution in [1.29, 1.82) is 0 Å². The van der Waals surface area contributed by atoms with Gasteiger partial charge in [-0.25, -0.2) is 4.68 Å². The Hall–Kier alpha value is -3.41. The highest BCUT2D eigenvalue weighted by Crippen LogP contribution is 2.13. The first-order valence-corrected chi connectivity index (χ1v) is 10.1. The fourth-order valence-corrected chi connectivity index (χ4v) is 3.20. The molecule has 1 N–H and O–H groups in total. The number of carbonyl (C=O) groups is 2. The number of aryl methyl sites for hydroxylation is 1. The molecule has 0 fully saturated rings. The van der Waals surface area contributed by atoms with E-state index < -0.39 is 6.04 Å². The molecule has 1 heterocycles. The molecule has 0 bridgehead atoms. The molecule has 0 aliphatic carbocycles. The Morgan fingerprint density at radius 2 is 1.73 bits per heavy atom. The van der Waals surface area contributed by atoms with Crippen LogP contribution in [0, 0.1) is 12.8 Å². The van der Waals surface area contributed by atoms with Crippen LogP contribution in [-0.4, -0.2) is 39.6 Å². The van der Waals surface area contributed by atoms with Crippen LogP contribution in [-0.2, 0) is 11.3 Å². The predicted molar refractivity (Wildman–Crippen MR) is 117 cm³/mol. The van der Waals surface area contributed by atoms with Gasteiger partial charge in [0.2, 0.25) is 5.91 Å². The number of rotatable bonds is 7. The van der Waals surface area contributed by atoms with Gasteiger partial charge in [0, 0.05) is 30.9 Å². The molecule has 3 aromatic rings. The first kappa shape index (κ1) is 21.3. The molecule has 2 amide bonds. The number of nitrogens with one attached hydrogen (secondary N) is 1. The zero-order valence-corrected chi connectivity index (χ0v) is 17.9. The Balaban J connectivity index is 1.67. The second-order valence-corrected chi connectivity index (χ2v) is 7.88. The van der Waals surface area contributed by atoms with Gasteiger partial charge in [-0.2, -0.15) is 5.10 Å². The first-order chi connectivity index (χ1) is 14.3. The van der Waals surface area contributed by atoms with Crippen molar-refractivity contribution in [3.05, 3.63) is 83.7 Å². The maximum Gasteiger partial charge on any atom is 0.251 e. The topological polar surface area (TPSA) is 67.2 Å². The van der Waals surface area contributed by atoms with E-state index in [0.717, 1.165) is 16.8 Å². The molecule has 0 saturated carbocycles. The number of benzene rings is 2. The molecule has 0 unspecified atom stereocenters. The number of carbonyl (C=O) groups excluding carboxylic acids is 2. The quantitative estimate of drug-likeness (QED) is 0.654. The average molecular weight is 405 g/mol. The molecular weight excluding hydrogens is 376 g/mol. The molecule has 0 saturated heterocycles. The van der Waals surface area contributed by atoms with E-state index in [-0.39, 0.29) is 17.7 Å². The van der Waals surface area contributed by atoms with Crippen LogP contribution < -0.4 is 5.32 Å². The van der Waals surface area contributed by atoms with E-state index >= 15 is 0 Å². The van der Waals surface area contributed by atoms with Crippen LogP contribution in [0.3, 0.4) is 0 Å². The Bertz CT molecular complexity index is 994. The average Bonchev–Trinajstić information content (AvgIpc) is 3.20. The molecule has 3 rings (SSSR count). The summed E-state index contributed by atoms with van der Waals surface area (Å²) < 4.78 is 1.78. The minimum absolute atomic E-state index is 0.0404. The van der Waals surface area contributed by atoms with Crippen LogP contribution in [0.5, 0.6) is 0 Å². The van der Waals surface area contributed by atoms with Crippen molar-refractivity contribution < 1.29 is 9.59 Å². The molecule has 30 heavy (non-hydrogen) atoms. The largest absolute Gasteiger partial charge is 0.340 e. The molecule has 156 valence electrons. The molecule has 6 nitrogen and oxygen atoms in total. The standard InChI is InChI=1S/C24H28N4O2/c1-17(2)22(26-23(29)20-12-10-18(3)11-13-20)24(30)27(4)15-19-14-25-28(16-19)21-8-6-5-7-9-21/h5-14,16-17,22H,15H2,1-4H3,(H,26,29)/t22-/m0/s1. The van der Waals surface area contributed by atoms with Crippen molar-refractivity contribution in [2.75, 3.05) is 7.05 Å². The molecule has 0 aliphatic rings. The number of amides is 2. The zero-order valence-electron chi connectivity index (χ0n) is 17.9. The van der Waals surface area contributed by atoms with E-state index in [4.69, 9.17) is 0 Å². The van der Waals surface area contributed by atoms with Crippen LogP contribution in [0.1, 0.15) is 35.3 Å². The van der Waals surface area contributed by atoms with Crippen molar-refractivity contribution in [1.82, 2.24) is 20.0 Å². The monoisotopic (exact) mass is 404 g/mol. The number of likely N-dealkylation sites (N-methyl/N-ethyl adjacent to an activating group) is 1. The summed E-state index contributed by atoms with van der Waals surface area (Å²) in [5, 5.41) is 7.28. The normalized spacial score (nSPS) is 11.9. The van der Waals surface area contributed by atoms with Gasteiger partial charge < -0.3 is 10.2 Å². The lowest BCUT2D eigenvalue weighted by atomic mass is 10.0. The zero-order chi connectivity index (χ0) is 21.7. The van der Waals surface area contributed by atoms with Gasteiger partial charge in [0.1, 0.15) is 6.04 Å². The second-order valence-electron chi connectivity index (χ2n) is 7.88. The summed E-state index contributed by atoms with van der Waals surface area (Å²) in [4.78, 5) is 27.3. The third kappa shape index (κ3) is 5.14. The molecule has 0 spiro atoms.